The molecule has 0 bridgehead atoms. The van der Waals surface area contributed by atoms with E-state index < -0.39 is 0 Å². The summed E-state index contributed by atoms with van der Waals surface area (Å²) in [5, 5.41) is 3.78. The second kappa shape index (κ2) is 7.26. The molecule has 4 rings (SSSR count). The third-order valence-corrected chi connectivity index (χ3v) is 4.85. The smallest absolute Gasteiger partial charge is 0.291 e. The highest BCUT2D eigenvalue weighted by molar-refractivity contribution is 6.00. The summed E-state index contributed by atoms with van der Waals surface area (Å²) in [6, 6.07) is 12.6. The van der Waals surface area contributed by atoms with Crippen molar-refractivity contribution in [2.45, 2.75) is 13.3 Å². The lowest BCUT2D eigenvalue weighted by Gasteiger charge is -2.28. The minimum atomic E-state index is -0.323. The second-order valence-corrected chi connectivity index (χ2v) is 6.57. The molecule has 1 aliphatic rings. The van der Waals surface area contributed by atoms with Gasteiger partial charge in [-0.3, -0.25) is 14.6 Å². The SMILES string of the molecule is COc1cc(C(=O)N2CCCN2C(=O)c2cccnc2C)nc2ccccc12. The van der Waals surface area contributed by atoms with Gasteiger partial charge in [-0.1, -0.05) is 12.1 Å². The number of nitrogens with zero attached hydrogens (tertiary/aromatic N) is 4. The predicted molar refractivity (Wildman–Crippen MR) is 104 cm³/mol. The molecule has 3 aromatic rings. The molecule has 0 unspecified atom stereocenters. The molecule has 0 saturated carbocycles. The first-order valence-corrected chi connectivity index (χ1v) is 9.09. The lowest BCUT2D eigenvalue weighted by molar-refractivity contribution is 0.0181. The zero-order chi connectivity index (χ0) is 19.7. The van der Waals surface area contributed by atoms with E-state index in [0.717, 1.165) is 5.39 Å². The summed E-state index contributed by atoms with van der Waals surface area (Å²) in [4.78, 5) is 34.9. The number of aryl methyl sites for hydroxylation is 1. The normalized spacial score (nSPS) is 13.8. The Morgan fingerprint density at radius 1 is 1.04 bits per heavy atom. The summed E-state index contributed by atoms with van der Waals surface area (Å²) in [6.07, 6.45) is 2.35. The molecule has 0 aliphatic carbocycles. The number of fused-ring (bicyclic) bond motifs is 1. The average Bonchev–Trinajstić information content (AvgIpc) is 3.22. The van der Waals surface area contributed by atoms with Crippen molar-refractivity contribution in [2.75, 3.05) is 20.2 Å². The lowest BCUT2D eigenvalue weighted by Crippen LogP contribution is -2.45. The Kier molecular flexibility index (Phi) is 4.65. The number of rotatable bonds is 3. The topological polar surface area (TPSA) is 75.6 Å². The number of pyridine rings is 2. The number of amides is 2. The van der Waals surface area contributed by atoms with E-state index in [-0.39, 0.29) is 17.5 Å². The first-order valence-electron chi connectivity index (χ1n) is 9.09. The van der Waals surface area contributed by atoms with Crippen molar-refractivity contribution in [1.82, 2.24) is 20.0 Å². The molecule has 0 atom stereocenters. The molecule has 3 heterocycles. The van der Waals surface area contributed by atoms with Crippen molar-refractivity contribution in [3.8, 4) is 5.75 Å². The predicted octanol–water partition coefficient (Wildman–Crippen LogP) is 2.85. The zero-order valence-electron chi connectivity index (χ0n) is 15.8. The van der Waals surface area contributed by atoms with Crippen molar-refractivity contribution in [3.05, 3.63) is 65.6 Å². The van der Waals surface area contributed by atoms with Gasteiger partial charge in [0.05, 0.1) is 23.9 Å². The average molecular weight is 376 g/mol. The molecule has 1 aromatic carbocycles. The van der Waals surface area contributed by atoms with Crippen molar-refractivity contribution < 1.29 is 14.3 Å². The third kappa shape index (κ3) is 3.05. The van der Waals surface area contributed by atoms with E-state index in [1.165, 1.54) is 10.0 Å². The Hall–Kier alpha value is -3.48. The van der Waals surface area contributed by atoms with Gasteiger partial charge in [0, 0.05) is 30.7 Å². The van der Waals surface area contributed by atoms with E-state index in [2.05, 4.69) is 9.97 Å². The van der Waals surface area contributed by atoms with Crippen LogP contribution < -0.4 is 4.74 Å². The molecule has 1 saturated heterocycles. The first-order chi connectivity index (χ1) is 13.6. The van der Waals surface area contributed by atoms with Gasteiger partial charge in [0.1, 0.15) is 11.4 Å². The van der Waals surface area contributed by atoms with E-state index in [1.807, 2.05) is 24.3 Å². The molecular formula is C21H20N4O3. The lowest BCUT2D eigenvalue weighted by atomic mass is 10.1. The first kappa shape index (κ1) is 17.9. The van der Waals surface area contributed by atoms with E-state index in [0.29, 0.717) is 42.0 Å². The van der Waals surface area contributed by atoms with Gasteiger partial charge in [0.25, 0.3) is 11.8 Å². The van der Waals surface area contributed by atoms with Gasteiger partial charge >= 0.3 is 0 Å². The van der Waals surface area contributed by atoms with Crippen LogP contribution >= 0.6 is 0 Å². The van der Waals surface area contributed by atoms with Gasteiger partial charge in [-0.2, -0.15) is 0 Å². The van der Waals surface area contributed by atoms with Crippen LogP contribution in [0.15, 0.2) is 48.7 Å². The van der Waals surface area contributed by atoms with Gasteiger partial charge in [0.15, 0.2) is 0 Å². The standard InChI is InChI=1S/C21H20N4O3/c1-14-15(8-5-10-22-14)20(26)24-11-6-12-25(24)21(27)18-13-19(28-2)16-7-3-4-9-17(16)23-18/h3-5,7-10,13H,6,11-12H2,1-2H3. The number of para-hydroxylation sites is 1. The molecule has 1 aliphatic heterocycles. The summed E-state index contributed by atoms with van der Waals surface area (Å²) in [5.41, 5.74) is 2.05. The van der Waals surface area contributed by atoms with Gasteiger partial charge in [-0.25, -0.2) is 15.0 Å². The molecular weight excluding hydrogens is 356 g/mol. The van der Waals surface area contributed by atoms with Crippen LogP contribution in [-0.4, -0.2) is 52.0 Å². The van der Waals surface area contributed by atoms with Gasteiger partial charge < -0.3 is 4.74 Å². The van der Waals surface area contributed by atoms with Crippen LogP contribution in [0, 0.1) is 6.92 Å². The van der Waals surface area contributed by atoms with Crippen molar-refractivity contribution >= 4 is 22.7 Å². The highest BCUT2D eigenvalue weighted by Crippen LogP contribution is 2.27. The molecule has 1 fully saturated rings. The number of carbonyl (C=O) groups is 2. The molecule has 7 nitrogen and oxygen atoms in total. The molecule has 142 valence electrons. The zero-order valence-corrected chi connectivity index (χ0v) is 15.8. The Balaban J connectivity index is 1.68. The molecule has 7 heteroatoms. The third-order valence-electron chi connectivity index (χ3n) is 4.85. The van der Waals surface area contributed by atoms with Crippen LogP contribution in [0.1, 0.15) is 33.0 Å². The maximum Gasteiger partial charge on any atom is 0.291 e. The van der Waals surface area contributed by atoms with E-state index >= 15 is 0 Å². The number of ether oxygens (including phenoxy) is 1. The van der Waals surface area contributed by atoms with Crippen molar-refractivity contribution in [3.63, 3.8) is 0 Å². The number of hydrazine groups is 1. The van der Waals surface area contributed by atoms with Crippen LogP contribution in [0.4, 0.5) is 0 Å². The monoisotopic (exact) mass is 376 g/mol. The number of benzene rings is 1. The van der Waals surface area contributed by atoms with E-state index in [4.69, 9.17) is 4.74 Å². The number of carbonyl (C=O) groups excluding carboxylic acids is 2. The fourth-order valence-electron chi connectivity index (χ4n) is 3.44. The Bertz CT molecular complexity index is 1070. The van der Waals surface area contributed by atoms with Crippen molar-refractivity contribution in [2.24, 2.45) is 0 Å². The minimum Gasteiger partial charge on any atom is -0.496 e. The molecule has 0 spiro atoms. The summed E-state index contributed by atoms with van der Waals surface area (Å²) in [5.74, 6) is 0.0229. The fourth-order valence-corrected chi connectivity index (χ4v) is 3.44. The van der Waals surface area contributed by atoms with Crippen LogP contribution in [0.2, 0.25) is 0 Å². The quantitative estimate of drug-likeness (QED) is 0.703. The summed E-state index contributed by atoms with van der Waals surface area (Å²) < 4.78 is 5.44. The van der Waals surface area contributed by atoms with Crippen LogP contribution in [0.3, 0.4) is 0 Å². The van der Waals surface area contributed by atoms with E-state index in [1.54, 1.807) is 38.4 Å². The van der Waals surface area contributed by atoms with Crippen molar-refractivity contribution in [1.29, 1.82) is 0 Å². The molecule has 2 aromatic heterocycles. The molecule has 0 radical (unpaired) electrons. The molecule has 28 heavy (non-hydrogen) atoms. The summed E-state index contributed by atoms with van der Waals surface area (Å²) in [6.45, 7) is 2.72. The number of hydrogen-bond donors (Lipinski definition) is 0. The maximum atomic E-state index is 13.2. The summed E-state index contributed by atoms with van der Waals surface area (Å²) >= 11 is 0. The number of hydrogen-bond acceptors (Lipinski definition) is 5. The van der Waals surface area contributed by atoms with Gasteiger partial charge in [-0.15, -0.1) is 0 Å². The number of methoxy groups -OCH3 is 1. The largest absolute Gasteiger partial charge is 0.496 e. The van der Waals surface area contributed by atoms with Crippen LogP contribution in [-0.2, 0) is 0 Å². The van der Waals surface area contributed by atoms with Gasteiger partial charge in [0.2, 0.25) is 0 Å². The second-order valence-electron chi connectivity index (χ2n) is 6.57. The molecule has 2 amide bonds. The maximum absolute atomic E-state index is 13.2. The van der Waals surface area contributed by atoms with E-state index in [9.17, 15) is 9.59 Å². The Morgan fingerprint density at radius 3 is 2.54 bits per heavy atom. The van der Waals surface area contributed by atoms with Crippen LogP contribution in [0.25, 0.3) is 10.9 Å². The fraction of sp³-hybridized carbons (Fsp3) is 0.238. The Labute approximate surface area is 162 Å². The molecule has 0 N–H and O–H groups in total. The van der Waals surface area contributed by atoms with Crippen LogP contribution in [0.5, 0.6) is 5.75 Å². The van der Waals surface area contributed by atoms with Gasteiger partial charge in [-0.05, 0) is 37.6 Å². The highest BCUT2D eigenvalue weighted by atomic mass is 16.5. The summed E-state index contributed by atoms with van der Waals surface area (Å²) in [7, 11) is 1.56. The Morgan fingerprint density at radius 2 is 1.79 bits per heavy atom. The number of aromatic nitrogens is 2. The minimum absolute atomic E-state index is 0.232. The highest BCUT2D eigenvalue weighted by Gasteiger charge is 2.33.